The van der Waals surface area contributed by atoms with Crippen LogP contribution in [-0.4, -0.2) is 65.5 Å². The van der Waals surface area contributed by atoms with Gasteiger partial charge in [-0.2, -0.15) is 0 Å². The predicted molar refractivity (Wildman–Crippen MR) is 173 cm³/mol. The Morgan fingerprint density at radius 3 is 1.47 bits per heavy atom. The Kier molecular flexibility index (Phi) is 16.7. The van der Waals surface area contributed by atoms with Gasteiger partial charge in [0.15, 0.2) is 6.79 Å². The summed E-state index contributed by atoms with van der Waals surface area (Å²) >= 11 is 0. The van der Waals surface area contributed by atoms with Gasteiger partial charge in [-0.05, 0) is 77.6 Å². The van der Waals surface area contributed by atoms with Crippen molar-refractivity contribution in [2.24, 2.45) is 0 Å². The summed E-state index contributed by atoms with van der Waals surface area (Å²) in [7, 11) is 1.62. The summed E-state index contributed by atoms with van der Waals surface area (Å²) in [4.78, 5) is 24.4. The zero-order valence-electron chi connectivity index (χ0n) is 26.7. The van der Waals surface area contributed by atoms with E-state index in [4.69, 9.17) is 33.2 Å². The number of ether oxygens (including phenoxy) is 7. The van der Waals surface area contributed by atoms with Crippen molar-refractivity contribution < 1.29 is 42.7 Å². The standard InChI is InChI=1S/C36H46O9/c1-4-6-18-40-20-16-35(37)44-32-12-8-28(9-13-32)30-24-31(26-34(25-30)43-27-42-23-22-39-3)29-10-14-33(15-11-29)45-36(38)17-21-41-19-7-5-2/h8-15,24-26H,4-7,16-23,27H2,1-3H3. The van der Waals surface area contributed by atoms with Crippen LogP contribution in [0.4, 0.5) is 0 Å². The van der Waals surface area contributed by atoms with E-state index < -0.39 is 0 Å². The molecule has 3 aromatic rings. The van der Waals surface area contributed by atoms with Gasteiger partial charge in [0.05, 0.1) is 39.3 Å². The molecule has 9 heteroatoms. The van der Waals surface area contributed by atoms with Crippen LogP contribution in [0.5, 0.6) is 17.2 Å². The number of methoxy groups -OCH3 is 1. The fourth-order valence-corrected chi connectivity index (χ4v) is 4.13. The van der Waals surface area contributed by atoms with Gasteiger partial charge in [-0.25, -0.2) is 0 Å². The normalized spacial score (nSPS) is 10.9. The summed E-state index contributed by atoms with van der Waals surface area (Å²) in [5.41, 5.74) is 3.63. The van der Waals surface area contributed by atoms with Gasteiger partial charge in [-0.1, -0.05) is 51.0 Å². The molecule has 9 nitrogen and oxygen atoms in total. The van der Waals surface area contributed by atoms with Gasteiger partial charge in [0, 0.05) is 20.3 Å². The van der Waals surface area contributed by atoms with Crippen molar-refractivity contribution in [3.8, 4) is 39.5 Å². The van der Waals surface area contributed by atoms with Gasteiger partial charge in [0.1, 0.15) is 17.2 Å². The second-order valence-electron chi connectivity index (χ2n) is 10.3. The molecule has 0 aromatic heterocycles. The molecule has 0 saturated heterocycles. The Balaban J connectivity index is 1.69. The smallest absolute Gasteiger partial charge is 0.313 e. The molecule has 3 aromatic carbocycles. The van der Waals surface area contributed by atoms with Crippen LogP contribution >= 0.6 is 0 Å². The van der Waals surface area contributed by atoms with Crippen molar-refractivity contribution in [3.05, 3.63) is 66.7 Å². The second kappa shape index (κ2) is 21.1. The predicted octanol–water partition coefficient (Wildman–Crippen LogP) is 7.24. The number of hydrogen-bond donors (Lipinski definition) is 0. The topological polar surface area (TPSA) is 98.8 Å². The molecule has 45 heavy (non-hydrogen) atoms. The molecule has 0 aliphatic heterocycles. The van der Waals surface area contributed by atoms with E-state index in [1.54, 1.807) is 31.4 Å². The summed E-state index contributed by atoms with van der Waals surface area (Å²) in [6, 6.07) is 20.6. The maximum Gasteiger partial charge on any atom is 0.313 e. The lowest BCUT2D eigenvalue weighted by atomic mass is 9.98. The number of rotatable bonds is 22. The largest absolute Gasteiger partial charge is 0.468 e. The van der Waals surface area contributed by atoms with Crippen LogP contribution in [0.3, 0.4) is 0 Å². The molecule has 3 rings (SSSR count). The molecule has 0 bridgehead atoms. The third-order valence-electron chi connectivity index (χ3n) is 6.67. The summed E-state index contributed by atoms with van der Waals surface area (Å²) in [5, 5.41) is 0. The van der Waals surface area contributed by atoms with Gasteiger partial charge >= 0.3 is 11.9 Å². The summed E-state index contributed by atoms with van der Waals surface area (Å²) in [5.74, 6) is 0.889. The van der Waals surface area contributed by atoms with E-state index in [0.717, 1.165) is 47.9 Å². The van der Waals surface area contributed by atoms with Crippen LogP contribution < -0.4 is 14.2 Å². The fourth-order valence-electron chi connectivity index (χ4n) is 4.13. The minimum Gasteiger partial charge on any atom is -0.468 e. The van der Waals surface area contributed by atoms with E-state index in [1.165, 1.54) is 0 Å². The van der Waals surface area contributed by atoms with Crippen molar-refractivity contribution in [2.75, 3.05) is 53.5 Å². The lowest BCUT2D eigenvalue weighted by molar-refractivity contribution is -0.136. The molecular weight excluding hydrogens is 576 g/mol. The first-order valence-electron chi connectivity index (χ1n) is 15.6. The maximum atomic E-state index is 12.2. The first kappa shape index (κ1) is 35.7. The Morgan fingerprint density at radius 2 is 1.02 bits per heavy atom. The molecule has 0 fully saturated rings. The van der Waals surface area contributed by atoms with Gasteiger partial charge in [-0.15, -0.1) is 0 Å². The highest BCUT2D eigenvalue weighted by molar-refractivity contribution is 5.77. The number of esters is 2. The molecule has 0 aliphatic carbocycles. The van der Waals surface area contributed by atoms with Crippen LogP contribution in [-0.2, 0) is 28.5 Å². The average Bonchev–Trinajstić information content (AvgIpc) is 3.05. The van der Waals surface area contributed by atoms with Gasteiger partial charge < -0.3 is 33.2 Å². The van der Waals surface area contributed by atoms with E-state index in [1.807, 2.05) is 42.5 Å². The number of unbranched alkanes of at least 4 members (excludes halogenated alkanes) is 2. The molecular formula is C36H46O9. The van der Waals surface area contributed by atoms with Crippen molar-refractivity contribution in [3.63, 3.8) is 0 Å². The van der Waals surface area contributed by atoms with E-state index in [9.17, 15) is 9.59 Å². The molecule has 244 valence electrons. The molecule has 0 radical (unpaired) electrons. The van der Waals surface area contributed by atoms with Crippen LogP contribution in [0.15, 0.2) is 66.7 Å². The zero-order chi connectivity index (χ0) is 32.1. The Bertz CT molecular complexity index is 1180. The maximum absolute atomic E-state index is 12.2. The summed E-state index contributed by atoms with van der Waals surface area (Å²) < 4.78 is 38.3. The zero-order valence-corrected chi connectivity index (χ0v) is 26.7. The van der Waals surface area contributed by atoms with Crippen molar-refractivity contribution in [1.82, 2.24) is 0 Å². The molecule has 0 unspecified atom stereocenters. The Labute approximate surface area is 266 Å². The van der Waals surface area contributed by atoms with Crippen LogP contribution in [0.25, 0.3) is 22.3 Å². The van der Waals surface area contributed by atoms with Crippen molar-refractivity contribution >= 4 is 11.9 Å². The fraction of sp³-hybridized carbons (Fsp3) is 0.444. The number of hydrogen-bond acceptors (Lipinski definition) is 9. The minimum absolute atomic E-state index is 0.0698. The second-order valence-corrected chi connectivity index (χ2v) is 10.3. The summed E-state index contributed by atoms with van der Waals surface area (Å²) in [6.45, 7) is 7.13. The molecule has 0 saturated carbocycles. The minimum atomic E-state index is -0.333. The third-order valence-corrected chi connectivity index (χ3v) is 6.67. The van der Waals surface area contributed by atoms with Crippen LogP contribution in [0, 0.1) is 0 Å². The van der Waals surface area contributed by atoms with E-state index in [0.29, 0.717) is 56.9 Å². The van der Waals surface area contributed by atoms with E-state index in [2.05, 4.69) is 13.8 Å². The number of benzene rings is 3. The lowest BCUT2D eigenvalue weighted by Crippen LogP contribution is -2.11. The Morgan fingerprint density at radius 1 is 0.533 bits per heavy atom. The van der Waals surface area contributed by atoms with E-state index >= 15 is 0 Å². The molecule has 0 N–H and O–H groups in total. The first-order chi connectivity index (χ1) is 22.0. The van der Waals surface area contributed by atoms with Crippen molar-refractivity contribution in [2.45, 2.75) is 52.4 Å². The van der Waals surface area contributed by atoms with E-state index in [-0.39, 0.29) is 31.6 Å². The lowest BCUT2D eigenvalue weighted by Gasteiger charge is -2.13. The summed E-state index contributed by atoms with van der Waals surface area (Å²) in [6.07, 6.45) is 4.45. The van der Waals surface area contributed by atoms with Crippen LogP contribution in [0.1, 0.15) is 52.4 Å². The van der Waals surface area contributed by atoms with Crippen molar-refractivity contribution in [1.29, 1.82) is 0 Å². The molecule has 0 heterocycles. The highest BCUT2D eigenvalue weighted by Crippen LogP contribution is 2.33. The highest BCUT2D eigenvalue weighted by Gasteiger charge is 2.11. The average molecular weight is 623 g/mol. The molecule has 0 atom stereocenters. The Hall–Kier alpha value is -3.76. The molecule has 0 amide bonds. The SMILES string of the molecule is CCCCOCCC(=O)Oc1ccc(-c2cc(OCOCCOC)cc(-c3ccc(OC(=O)CCOCCCC)cc3)c2)cc1. The first-order valence-corrected chi connectivity index (χ1v) is 15.6. The highest BCUT2D eigenvalue weighted by atomic mass is 16.7. The monoisotopic (exact) mass is 622 g/mol. The van der Waals surface area contributed by atoms with Crippen LogP contribution in [0.2, 0.25) is 0 Å². The van der Waals surface area contributed by atoms with Gasteiger partial charge in [0.25, 0.3) is 0 Å². The molecule has 0 aliphatic rings. The number of carbonyl (C=O) groups excluding carboxylic acids is 2. The number of carbonyl (C=O) groups is 2. The molecule has 0 spiro atoms. The van der Waals surface area contributed by atoms with Gasteiger partial charge in [0.2, 0.25) is 0 Å². The van der Waals surface area contributed by atoms with Gasteiger partial charge in [-0.3, -0.25) is 9.59 Å². The third kappa shape index (κ3) is 13.8. The quantitative estimate of drug-likeness (QED) is 0.0497.